The number of benzene rings is 1. The van der Waals surface area contributed by atoms with E-state index in [4.69, 9.17) is 23.2 Å². The molecule has 7 heteroatoms. The molecule has 1 unspecified atom stereocenters. The molecule has 1 aromatic rings. The number of piperidine rings is 1. The Morgan fingerprint density at radius 2 is 2.12 bits per heavy atom. The molecule has 3 rings (SSSR count). The molecular formula is C18H25Cl2N3O2. The molecule has 0 saturated carbocycles. The number of β-amino-alcohol motifs (C(OH)–C–C–N with tert-alkyl or cyclic N) is 1. The molecule has 2 N–H and O–H groups in total. The molecule has 0 bridgehead atoms. The number of carbonyl (C=O) groups is 1. The quantitative estimate of drug-likeness (QED) is 0.829. The van der Waals surface area contributed by atoms with Crippen LogP contribution in [0.15, 0.2) is 18.2 Å². The van der Waals surface area contributed by atoms with Crippen molar-refractivity contribution in [3.8, 4) is 0 Å². The number of nitrogens with one attached hydrogen (secondary N) is 1. The predicted octanol–water partition coefficient (Wildman–Crippen LogP) is 1.79. The van der Waals surface area contributed by atoms with Crippen LogP contribution in [0.5, 0.6) is 0 Å². The van der Waals surface area contributed by atoms with E-state index in [0.29, 0.717) is 29.6 Å². The maximum atomic E-state index is 12.8. The summed E-state index contributed by atoms with van der Waals surface area (Å²) in [6.45, 7) is 4.80. The van der Waals surface area contributed by atoms with E-state index in [1.165, 1.54) is 0 Å². The van der Waals surface area contributed by atoms with Crippen molar-refractivity contribution in [3.63, 3.8) is 0 Å². The summed E-state index contributed by atoms with van der Waals surface area (Å²) in [4.78, 5) is 17.1. The van der Waals surface area contributed by atoms with Crippen molar-refractivity contribution >= 4 is 29.1 Å². The number of carbonyl (C=O) groups excluding carboxylic acids is 1. The molecule has 2 saturated heterocycles. The van der Waals surface area contributed by atoms with Crippen LogP contribution in [0.4, 0.5) is 0 Å². The van der Waals surface area contributed by atoms with Gasteiger partial charge in [0.1, 0.15) is 0 Å². The van der Waals surface area contributed by atoms with Gasteiger partial charge >= 0.3 is 0 Å². The molecule has 2 heterocycles. The maximum Gasteiger partial charge on any atom is 0.227 e. The minimum absolute atomic E-state index is 0.113. The number of likely N-dealkylation sites (tertiary alicyclic amines) is 1. The minimum atomic E-state index is -0.245. The zero-order valence-electron chi connectivity index (χ0n) is 14.3. The van der Waals surface area contributed by atoms with Crippen molar-refractivity contribution in [1.82, 2.24) is 15.1 Å². The average molecular weight is 386 g/mol. The van der Waals surface area contributed by atoms with Crippen molar-refractivity contribution in [2.45, 2.75) is 31.4 Å². The monoisotopic (exact) mass is 385 g/mol. The molecule has 5 nitrogen and oxygen atoms in total. The smallest absolute Gasteiger partial charge is 0.227 e. The third kappa shape index (κ3) is 5.08. The van der Waals surface area contributed by atoms with Gasteiger partial charge in [-0.1, -0.05) is 29.3 Å². The molecule has 25 heavy (non-hydrogen) atoms. The first-order valence-electron chi connectivity index (χ1n) is 8.87. The number of halogens is 2. The lowest BCUT2D eigenvalue weighted by Crippen LogP contribution is -2.58. The Hall–Kier alpha value is -0.850. The molecule has 0 spiro atoms. The van der Waals surface area contributed by atoms with Crippen LogP contribution in [0.25, 0.3) is 0 Å². The first kappa shape index (κ1) is 18.9. The second-order valence-electron chi connectivity index (χ2n) is 6.93. The number of nitrogens with zero attached hydrogens (tertiary/aromatic N) is 2. The molecule has 0 aromatic heterocycles. The lowest BCUT2D eigenvalue weighted by atomic mass is 10.1. The highest BCUT2D eigenvalue weighted by atomic mass is 35.5. The number of hydrogen-bond acceptors (Lipinski definition) is 4. The molecule has 2 atom stereocenters. The number of piperazine rings is 1. The first-order chi connectivity index (χ1) is 12.0. The summed E-state index contributed by atoms with van der Waals surface area (Å²) < 4.78 is 0. The van der Waals surface area contributed by atoms with Gasteiger partial charge in [-0.3, -0.25) is 9.69 Å². The summed E-state index contributed by atoms with van der Waals surface area (Å²) in [5, 5.41) is 14.2. The van der Waals surface area contributed by atoms with Gasteiger partial charge in [0, 0.05) is 32.7 Å². The fraction of sp³-hybridized carbons (Fsp3) is 0.611. The highest BCUT2D eigenvalue weighted by Gasteiger charge is 2.29. The van der Waals surface area contributed by atoms with Crippen LogP contribution in [-0.2, 0) is 11.2 Å². The summed E-state index contributed by atoms with van der Waals surface area (Å²) in [7, 11) is 0. The predicted molar refractivity (Wildman–Crippen MR) is 100 cm³/mol. The molecular weight excluding hydrogens is 361 g/mol. The van der Waals surface area contributed by atoms with E-state index in [-0.39, 0.29) is 18.1 Å². The zero-order valence-corrected chi connectivity index (χ0v) is 15.8. The van der Waals surface area contributed by atoms with Crippen LogP contribution in [0.1, 0.15) is 18.4 Å². The van der Waals surface area contributed by atoms with Crippen molar-refractivity contribution in [1.29, 1.82) is 0 Å². The van der Waals surface area contributed by atoms with Crippen molar-refractivity contribution in [2.24, 2.45) is 0 Å². The normalized spacial score (nSPS) is 25.2. The van der Waals surface area contributed by atoms with Gasteiger partial charge in [-0.05, 0) is 37.1 Å². The van der Waals surface area contributed by atoms with Gasteiger partial charge in [-0.25, -0.2) is 0 Å². The standard InChI is InChI=1S/C18H25Cl2N3O2/c19-16-4-3-13(8-17(16)20)9-18(25)23-7-5-21-10-14(23)11-22-6-1-2-15(24)12-22/h3-4,8,14-15,21,24H,1-2,5-7,9-12H2/t14-,15?/m0/s1. The Morgan fingerprint density at radius 1 is 1.28 bits per heavy atom. The van der Waals surface area contributed by atoms with Gasteiger partial charge in [0.05, 0.1) is 28.6 Å². The lowest BCUT2D eigenvalue weighted by Gasteiger charge is -2.40. The number of rotatable bonds is 4. The maximum absolute atomic E-state index is 12.8. The Labute approximate surface area is 158 Å². The van der Waals surface area contributed by atoms with E-state index in [1.54, 1.807) is 12.1 Å². The second kappa shape index (κ2) is 8.69. The van der Waals surface area contributed by atoms with E-state index in [1.807, 2.05) is 11.0 Å². The third-order valence-corrected chi connectivity index (χ3v) is 5.70. The zero-order chi connectivity index (χ0) is 17.8. The summed E-state index contributed by atoms with van der Waals surface area (Å²) >= 11 is 12.0. The van der Waals surface area contributed by atoms with Crippen LogP contribution in [0, 0.1) is 0 Å². The van der Waals surface area contributed by atoms with Gasteiger partial charge in [0.2, 0.25) is 5.91 Å². The molecule has 2 aliphatic rings. The van der Waals surface area contributed by atoms with Gasteiger partial charge in [-0.2, -0.15) is 0 Å². The second-order valence-corrected chi connectivity index (χ2v) is 7.74. The lowest BCUT2D eigenvalue weighted by molar-refractivity contribution is -0.134. The number of hydrogen-bond donors (Lipinski definition) is 2. The SMILES string of the molecule is O=C(Cc1ccc(Cl)c(Cl)c1)N1CCNC[C@H]1CN1CCCC(O)C1. The van der Waals surface area contributed by atoms with E-state index in [2.05, 4.69) is 10.2 Å². The Bertz CT molecular complexity index is 614. The fourth-order valence-corrected chi connectivity index (χ4v) is 3.99. The third-order valence-electron chi connectivity index (χ3n) is 4.96. The summed E-state index contributed by atoms with van der Waals surface area (Å²) in [6.07, 6.45) is 1.97. The van der Waals surface area contributed by atoms with Gasteiger partial charge < -0.3 is 15.3 Å². The highest BCUT2D eigenvalue weighted by molar-refractivity contribution is 6.42. The number of amides is 1. The fourth-order valence-electron chi connectivity index (χ4n) is 3.67. The molecule has 1 amide bonds. The van der Waals surface area contributed by atoms with Crippen molar-refractivity contribution in [3.05, 3.63) is 33.8 Å². The summed E-state index contributed by atoms with van der Waals surface area (Å²) in [5.74, 6) is 0.113. The number of aliphatic hydroxyl groups excluding tert-OH is 1. The van der Waals surface area contributed by atoms with Gasteiger partial charge in [0.15, 0.2) is 0 Å². The first-order valence-corrected chi connectivity index (χ1v) is 9.63. The van der Waals surface area contributed by atoms with Crippen LogP contribution < -0.4 is 5.32 Å². The largest absolute Gasteiger partial charge is 0.392 e. The van der Waals surface area contributed by atoms with E-state index >= 15 is 0 Å². The Balaban J connectivity index is 1.63. The van der Waals surface area contributed by atoms with Crippen LogP contribution in [0.3, 0.4) is 0 Å². The molecule has 0 aliphatic carbocycles. The van der Waals surface area contributed by atoms with Crippen molar-refractivity contribution in [2.75, 3.05) is 39.3 Å². The van der Waals surface area contributed by atoms with Gasteiger partial charge in [-0.15, -0.1) is 0 Å². The summed E-state index contributed by atoms with van der Waals surface area (Å²) in [6, 6.07) is 5.48. The minimum Gasteiger partial charge on any atom is -0.392 e. The highest BCUT2D eigenvalue weighted by Crippen LogP contribution is 2.23. The molecule has 0 radical (unpaired) electrons. The van der Waals surface area contributed by atoms with Crippen LogP contribution in [-0.4, -0.2) is 72.2 Å². The summed E-state index contributed by atoms with van der Waals surface area (Å²) in [5.41, 5.74) is 0.880. The molecule has 138 valence electrons. The molecule has 2 fully saturated rings. The van der Waals surface area contributed by atoms with Gasteiger partial charge in [0.25, 0.3) is 0 Å². The number of aliphatic hydroxyl groups is 1. The van der Waals surface area contributed by atoms with Crippen LogP contribution >= 0.6 is 23.2 Å². The Kier molecular flexibility index (Phi) is 6.58. The molecule has 1 aromatic carbocycles. The van der Waals surface area contributed by atoms with E-state index < -0.39 is 0 Å². The van der Waals surface area contributed by atoms with Crippen LogP contribution in [0.2, 0.25) is 10.0 Å². The van der Waals surface area contributed by atoms with Crippen molar-refractivity contribution < 1.29 is 9.90 Å². The molecule has 2 aliphatic heterocycles. The topological polar surface area (TPSA) is 55.8 Å². The Morgan fingerprint density at radius 3 is 2.88 bits per heavy atom. The average Bonchev–Trinajstić information content (AvgIpc) is 2.59. The van der Waals surface area contributed by atoms with E-state index in [9.17, 15) is 9.90 Å². The van der Waals surface area contributed by atoms with E-state index in [0.717, 1.165) is 44.6 Å².